The molecule has 0 aliphatic heterocycles. The van der Waals surface area contributed by atoms with Crippen molar-refractivity contribution in [2.75, 3.05) is 5.32 Å². The SMILES string of the molecule is Cc1ccc2nc(C(=O)NC(C)(C)CC(C)(C)C)nc(N[C@H]3CCCC[C@H]3N=C(N)N)c2c1.Cl.Cl. The Kier molecular flexibility index (Phi) is 10.6. The number of hydrogen-bond acceptors (Lipinski definition) is 5. The Hall–Kier alpha value is -2.32. The van der Waals surface area contributed by atoms with Crippen LogP contribution in [0, 0.1) is 12.3 Å². The molecule has 1 aromatic carbocycles. The van der Waals surface area contributed by atoms with Gasteiger partial charge in [0, 0.05) is 10.9 Å². The number of carbonyl (C=O) groups excluding carboxylic acids is 1. The number of fused-ring (bicyclic) bond motifs is 1. The number of benzene rings is 1. The average Bonchev–Trinajstić information content (AvgIpc) is 2.67. The van der Waals surface area contributed by atoms with Crippen molar-refractivity contribution in [1.29, 1.82) is 0 Å². The van der Waals surface area contributed by atoms with Gasteiger partial charge in [0.1, 0.15) is 5.82 Å². The van der Waals surface area contributed by atoms with Gasteiger partial charge < -0.3 is 22.1 Å². The third-order valence-electron chi connectivity index (χ3n) is 5.85. The first kappa shape index (κ1) is 30.7. The van der Waals surface area contributed by atoms with Gasteiger partial charge in [0.15, 0.2) is 5.96 Å². The highest BCUT2D eigenvalue weighted by Crippen LogP contribution is 2.29. The fourth-order valence-electron chi connectivity index (χ4n) is 4.99. The Balaban J connectivity index is 0.00000306. The lowest BCUT2D eigenvalue weighted by Gasteiger charge is -2.33. The van der Waals surface area contributed by atoms with Crippen molar-refractivity contribution in [3.63, 3.8) is 0 Å². The maximum Gasteiger partial charge on any atom is 0.289 e. The van der Waals surface area contributed by atoms with Gasteiger partial charge in [0.05, 0.1) is 17.6 Å². The minimum atomic E-state index is -0.393. The van der Waals surface area contributed by atoms with E-state index in [2.05, 4.69) is 46.4 Å². The van der Waals surface area contributed by atoms with Gasteiger partial charge in [-0.2, -0.15) is 0 Å². The summed E-state index contributed by atoms with van der Waals surface area (Å²) in [7, 11) is 0. The summed E-state index contributed by atoms with van der Waals surface area (Å²) < 4.78 is 0. The van der Waals surface area contributed by atoms with Crippen LogP contribution in [-0.2, 0) is 0 Å². The van der Waals surface area contributed by atoms with Crippen LogP contribution in [0.2, 0.25) is 0 Å². The number of carbonyl (C=O) groups is 1. The standard InChI is InChI=1S/C25H39N7O.2ClH/c1-15-11-12-17-16(13-15)20(29-18-9-7-8-10-19(18)30-23(26)27)31-21(28-17)22(33)32-25(5,6)14-24(2,3)4;;/h11-13,18-19H,7-10,14H2,1-6H3,(H,32,33)(H4,26,27,30)(H,28,29,31);2*1H/t18-,19+;;/m0../s1. The van der Waals surface area contributed by atoms with Gasteiger partial charge in [-0.25, -0.2) is 15.0 Å². The molecule has 6 N–H and O–H groups in total. The summed E-state index contributed by atoms with van der Waals surface area (Å²) in [6, 6.07) is 5.98. The van der Waals surface area contributed by atoms with Crippen molar-refractivity contribution in [3.8, 4) is 0 Å². The molecule has 10 heteroatoms. The van der Waals surface area contributed by atoms with E-state index in [9.17, 15) is 4.79 Å². The molecule has 196 valence electrons. The second-order valence-electron chi connectivity index (χ2n) is 11.1. The zero-order chi connectivity index (χ0) is 24.4. The van der Waals surface area contributed by atoms with E-state index in [1.807, 2.05) is 39.0 Å². The molecule has 1 aromatic heterocycles. The van der Waals surface area contributed by atoms with Gasteiger partial charge in [-0.1, -0.05) is 45.2 Å². The van der Waals surface area contributed by atoms with Crippen molar-refractivity contribution in [3.05, 3.63) is 29.6 Å². The van der Waals surface area contributed by atoms with Crippen LogP contribution < -0.4 is 22.1 Å². The number of anilines is 1. The first-order valence-electron chi connectivity index (χ1n) is 11.8. The Labute approximate surface area is 221 Å². The van der Waals surface area contributed by atoms with Gasteiger partial charge in [-0.05, 0) is 57.6 Å². The molecule has 1 heterocycles. The number of nitrogens with two attached hydrogens (primary N) is 2. The minimum absolute atomic E-state index is 0. The van der Waals surface area contributed by atoms with Gasteiger partial charge in [-0.15, -0.1) is 24.8 Å². The molecule has 1 amide bonds. The molecular formula is C25H41Cl2N7O. The maximum absolute atomic E-state index is 13.2. The molecule has 8 nitrogen and oxygen atoms in total. The van der Waals surface area contributed by atoms with Crippen molar-refractivity contribution >= 4 is 53.4 Å². The van der Waals surface area contributed by atoms with Crippen LogP contribution in [0.3, 0.4) is 0 Å². The smallest absolute Gasteiger partial charge is 0.289 e. The van der Waals surface area contributed by atoms with Crippen LogP contribution in [0.5, 0.6) is 0 Å². The van der Waals surface area contributed by atoms with Crippen LogP contribution in [0.15, 0.2) is 23.2 Å². The number of aliphatic imine (C=N–C) groups is 1. The molecule has 2 aromatic rings. The van der Waals surface area contributed by atoms with Gasteiger partial charge in [-0.3, -0.25) is 4.79 Å². The predicted octanol–water partition coefficient (Wildman–Crippen LogP) is 4.72. The largest absolute Gasteiger partial charge is 0.370 e. The fraction of sp³-hybridized carbons (Fsp3) is 0.600. The lowest BCUT2D eigenvalue weighted by atomic mass is 9.82. The molecular weight excluding hydrogens is 485 g/mol. The molecule has 0 unspecified atom stereocenters. The van der Waals surface area contributed by atoms with Crippen LogP contribution in [0.25, 0.3) is 10.9 Å². The monoisotopic (exact) mass is 525 g/mol. The van der Waals surface area contributed by atoms with E-state index in [1.165, 1.54) is 0 Å². The zero-order valence-corrected chi connectivity index (χ0v) is 23.3. The van der Waals surface area contributed by atoms with Crippen LogP contribution in [-0.4, -0.2) is 39.5 Å². The molecule has 35 heavy (non-hydrogen) atoms. The van der Waals surface area contributed by atoms with E-state index >= 15 is 0 Å². The summed E-state index contributed by atoms with van der Waals surface area (Å²) in [5, 5.41) is 7.56. The van der Waals surface area contributed by atoms with Crippen LogP contribution in [0.4, 0.5) is 5.82 Å². The van der Waals surface area contributed by atoms with Crippen LogP contribution >= 0.6 is 24.8 Å². The Morgan fingerprint density at radius 1 is 1.09 bits per heavy atom. The van der Waals surface area contributed by atoms with Gasteiger partial charge >= 0.3 is 0 Å². The van der Waals surface area contributed by atoms with E-state index in [0.717, 1.165) is 48.6 Å². The number of amides is 1. The van der Waals surface area contributed by atoms with Crippen LogP contribution in [0.1, 0.15) is 82.9 Å². The van der Waals surface area contributed by atoms with Crippen molar-refractivity contribution in [2.45, 2.75) is 91.3 Å². The summed E-state index contributed by atoms with van der Waals surface area (Å²) in [5.74, 6) is 0.618. The summed E-state index contributed by atoms with van der Waals surface area (Å²) in [5.41, 5.74) is 12.9. The number of rotatable bonds is 6. The highest BCUT2D eigenvalue weighted by molar-refractivity contribution is 5.97. The number of nitrogens with one attached hydrogen (secondary N) is 2. The lowest BCUT2D eigenvalue weighted by Crippen LogP contribution is -2.46. The Morgan fingerprint density at radius 3 is 2.37 bits per heavy atom. The highest BCUT2D eigenvalue weighted by Gasteiger charge is 2.30. The highest BCUT2D eigenvalue weighted by atomic mass is 35.5. The van der Waals surface area contributed by atoms with E-state index in [1.54, 1.807) is 0 Å². The normalized spacial score (nSPS) is 18.1. The molecule has 3 rings (SSSR count). The van der Waals surface area contributed by atoms with Crippen molar-refractivity contribution in [2.24, 2.45) is 21.9 Å². The molecule has 1 fully saturated rings. The number of guanidine groups is 1. The number of hydrogen-bond donors (Lipinski definition) is 4. The number of aryl methyl sites for hydroxylation is 1. The quantitative estimate of drug-likeness (QED) is 0.318. The molecule has 1 aliphatic rings. The molecule has 0 spiro atoms. The van der Waals surface area contributed by atoms with E-state index in [0.29, 0.717) is 5.82 Å². The molecule has 1 saturated carbocycles. The van der Waals surface area contributed by atoms with Gasteiger partial charge in [0.25, 0.3) is 5.91 Å². The van der Waals surface area contributed by atoms with Crippen molar-refractivity contribution < 1.29 is 4.79 Å². The third kappa shape index (κ3) is 8.69. The topological polar surface area (TPSA) is 131 Å². The molecule has 2 atom stereocenters. The second-order valence-corrected chi connectivity index (χ2v) is 11.1. The van der Waals surface area contributed by atoms with Gasteiger partial charge in [0.2, 0.25) is 5.82 Å². The van der Waals surface area contributed by atoms with Crippen molar-refractivity contribution in [1.82, 2.24) is 15.3 Å². The van der Waals surface area contributed by atoms with E-state index in [-0.39, 0.29) is 60.0 Å². The summed E-state index contributed by atoms with van der Waals surface area (Å²) in [6.07, 6.45) is 4.83. The number of halogens is 2. The molecule has 0 radical (unpaired) electrons. The van der Waals surface area contributed by atoms with E-state index in [4.69, 9.17) is 11.5 Å². The Morgan fingerprint density at radius 2 is 1.74 bits per heavy atom. The zero-order valence-electron chi connectivity index (χ0n) is 21.6. The third-order valence-corrected chi connectivity index (χ3v) is 5.85. The molecule has 1 aliphatic carbocycles. The first-order chi connectivity index (χ1) is 15.3. The maximum atomic E-state index is 13.2. The summed E-state index contributed by atoms with van der Waals surface area (Å²) in [4.78, 5) is 26.9. The second kappa shape index (κ2) is 12.1. The predicted molar refractivity (Wildman–Crippen MR) is 150 cm³/mol. The minimum Gasteiger partial charge on any atom is -0.370 e. The lowest BCUT2D eigenvalue weighted by molar-refractivity contribution is 0.0881. The number of nitrogens with zero attached hydrogens (tertiary/aromatic N) is 3. The number of aromatic nitrogens is 2. The molecule has 0 saturated heterocycles. The Bertz CT molecular complexity index is 1050. The summed E-state index contributed by atoms with van der Waals surface area (Å²) in [6.45, 7) is 12.6. The molecule has 0 bridgehead atoms. The first-order valence-corrected chi connectivity index (χ1v) is 11.8. The average molecular weight is 527 g/mol. The van der Waals surface area contributed by atoms with E-state index < -0.39 is 5.54 Å². The summed E-state index contributed by atoms with van der Waals surface area (Å²) >= 11 is 0. The fourth-order valence-corrected chi connectivity index (χ4v) is 4.99.